The number of thiazole rings is 1. The Hall–Kier alpha value is -2.63. The first-order chi connectivity index (χ1) is 15.7. The second kappa shape index (κ2) is 10.5. The fraction of sp³-hybridized carbons (Fsp3) is 0.364. The molecule has 0 saturated carbocycles. The van der Waals surface area contributed by atoms with Crippen molar-refractivity contribution in [3.63, 3.8) is 0 Å². The molecule has 11 heteroatoms. The molecule has 0 atom stereocenters. The topological polar surface area (TPSA) is 79.8 Å². The first-order valence-electron chi connectivity index (χ1n) is 10.3. The normalized spacial score (nSPS) is 11.8. The number of nitrogens with zero attached hydrogens (tertiary/aromatic N) is 3. The molecule has 0 aliphatic heterocycles. The molecule has 0 saturated heterocycles. The van der Waals surface area contributed by atoms with E-state index in [1.54, 1.807) is 0 Å². The van der Waals surface area contributed by atoms with Gasteiger partial charge in [0.05, 0.1) is 16.7 Å². The Bertz CT molecular complexity index is 1230. The minimum Gasteiger partial charge on any atom is -0.497 e. The number of methoxy groups -OCH3 is 1. The number of likely N-dealkylation sites (N-methyl/N-ethyl adjacent to an activating group) is 1. The van der Waals surface area contributed by atoms with E-state index in [9.17, 15) is 22.0 Å². The minimum atomic E-state index is -3.95. The number of carbonyl (C=O) groups is 1. The molecule has 33 heavy (non-hydrogen) atoms. The third kappa shape index (κ3) is 5.84. The standard InChI is InChI=1S/C22H25F2N3O4S2/c1-4-26(5-2)10-11-27(22-25-21-18(24)12-15(23)13-19(21)32-22)20(28)14-33(29,30)17-8-6-16(31-3)7-9-17/h6-9,12-13H,4-5,10-11,14H2,1-3H3. The summed E-state index contributed by atoms with van der Waals surface area (Å²) in [6, 6.07) is 7.61. The molecule has 1 amide bonds. The smallest absolute Gasteiger partial charge is 0.244 e. The van der Waals surface area contributed by atoms with Crippen molar-refractivity contribution in [2.45, 2.75) is 18.7 Å². The first-order valence-corrected chi connectivity index (χ1v) is 12.8. The molecule has 3 aromatic rings. The number of benzene rings is 2. The number of rotatable bonds is 10. The first kappa shape index (κ1) is 25.0. The summed E-state index contributed by atoms with van der Waals surface area (Å²) in [4.78, 5) is 20.6. The average Bonchev–Trinajstić information content (AvgIpc) is 3.20. The van der Waals surface area contributed by atoms with E-state index in [4.69, 9.17) is 4.74 Å². The Morgan fingerprint density at radius 2 is 1.76 bits per heavy atom. The molecule has 1 aromatic heterocycles. The highest BCUT2D eigenvalue weighted by Crippen LogP contribution is 2.31. The minimum absolute atomic E-state index is 0.0160. The van der Waals surface area contributed by atoms with E-state index in [1.165, 1.54) is 36.3 Å². The maximum Gasteiger partial charge on any atom is 0.244 e. The molecule has 0 unspecified atom stereocenters. The lowest BCUT2D eigenvalue weighted by atomic mass is 10.3. The summed E-state index contributed by atoms with van der Waals surface area (Å²) in [7, 11) is -2.48. The van der Waals surface area contributed by atoms with Gasteiger partial charge in [-0.15, -0.1) is 0 Å². The SMILES string of the molecule is CCN(CC)CCN(C(=O)CS(=O)(=O)c1ccc(OC)cc1)c1nc2c(F)cc(F)cc2s1. The number of anilines is 1. The molecule has 0 spiro atoms. The van der Waals surface area contributed by atoms with E-state index >= 15 is 0 Å². The third-order valence-electron chi connectivity index (χ3n) is 5.20. The molecule has 1 heterocycles. The molecule has 2 aromatic carbocycles. The second-order valence-corrected chi connectivity index (χ2v) is 10.2. The summed E-state index contributed by atoms with van der Waals surface area (Å²) in [5, 5.41) is 0.122. The monoisotopic (exact) mass is 497 g/mol. The van der Waals surface area contributed by atoms with Crippen LogP contribution in [-0.4, -0.2) is 63.3 Å². The van der Waals surface area contributed by atoms with Crippen LogP contribution in [0.2, 0.25) is 0 Å². The van der Waals surface area contributed by atoms with Crippen molar-refractivity contribution in [1.29, 1.82) is 0 Å². The maximum absolute atomic E-state index is 14.2. The van der Waals surface area contributed by atoms with E-state index in [0.717, 1.165) is 36.6 Å². The Morgan fingerprint density at radius 1 is 1.09 bits per heavy atom. The van der Waals surface area contributed by atoms with Crippen molar-refractivity contribution in [2.75, 3.05) is 43.9 Å². The Labute approximate surface area is 195 Å². The van der Waals surface area contributed by atoms with Gasteiger partial charge in [-0.25, -0.2) is 22.2 Å². The predicted octanol–water partition coefficient (Wildman–Crippen LogP) is 3.73. The summed E-state index contributed by atoms with van der Waals surface area (Å²) in [5.74, 6) is -2.58. The van der Waals surface area contributed by atoms with Gasteiger partial charge in [-0.2, -0.15) is 0 Å². The molecular weight excluding hydrogens is 472 g/mol. The van der Waals surface area contributed by atoms with Crippen LogP contribution in [0.1, 0.15) is 13.8 Å². The van der Waals surface area contributed by atoms with Crippen LogP contribution in [0.25, 0.3) is 10.2 Å². The van der Waals surface area contributed by atoms with Crippen molar-refractivity contribution < 1.29 is 26.7 Å². The highest BCUT2D eigenvalue weighted by Gasteiger charge is 2.27. The molecule has 0 N–H and O–H groups in total. The number of halogens is 2. The largest absolute Gasteiger partial charge is 0.497 e. The Balaban J connectivity index is 1.92. The van der Waals surface area contributed by atoms with Crippen LogP contribution >= 0.6 is 11.3 Å². The highest BCUT2D eigenvalue weighted by atomic mass is 32.2. The van der Waals surface area contributed by atoms with Crippen LogP contribution < -0.4 is 9.64 Å². The second-order valence-electron chi connectivity index (χ2n) is 7.24. The zero-order valence-corrected chi connectivity index (χ0v) is 20.2. The van der Waals surface area contributed by atoms with E-state index in [0.29, 0.717) is 12.3 Å². The van der Waals surface area contributed by atoms with Crippen molar-refractivity contribution >= 4 is 42.4 Å². The molecule has 0 fully saturated rings. The molecule has 3 rings (SSSR count). The van der Waals surface area contributed by atoms with Gasteiger partial charge < -0.3 is 9.64 Å². The van der Waals surface area contributed by atoms with Crippen molar-refractivity contribution in [1.82, 2.24) is 9.88 Å². The fourth-order valence-corrected chi connectivity index (χ4v) is 5.52. The summed E-state index contributed by atoms with van der Waals surface area (Å²) >= 11 is 0.940. The lowest BCUT2D eigenvalue weighted by Gasteiger charge is -2.24. The van der Waals surface area contributed by atoms with Gasteiger partial charge in [0.15, 0.2) is 20.8 Å². The Kier molecular flexibility index (Phi) is 7.98. The van der Waals surface area contributed by atoms with Crippen molar-refractivity contribution in [3.8, 4) is 5.75 Å². The zero-order valence-electron chi connectivity index (χ0n) is 18.5. The number of amides is 1. The van der Waals surface area contributed by atoms with Crippen LogP contribution in [0, 0.1) is 11.6 Å². The van der Waals surface area contributed by atoms with Crippen LogP contribution in [0.5, 0.6) is 5.75 Å². The van der Waals surface area contributed by atoms with Crippen molar-refractivity contribution in [3.05, 3.63) is 48.0 Å². The number of hydrogen-bond donors (Lipinski definition) is 0. The van der Waals surface area contributed by atoms with Gasteiger partial charge in [-0.1, -0.05) is 25.2 Å². The summed E-state index contributed by atoms with van der Waals surface area (Å²) < 4.78 is 58.9. The van der Waals surface area contributed by atoms with Crippen LogP contribution in [0.3, 0.4) is 0 Å². The number of fused-ring (bicyclic) bond motifs is 1. The van der Waals surface area contributed by atoms with E-state index in [2.05, 4.69) is 9.88 Å². The van der Waals surface area contributed by atoms with Gasteiger partial charge in [-0.3, -0.25) is 9.69 Å². The summed E-state index contributed by atoms with van der Waals surface area (Å²) in [6.07, 6.45) is 0. The quantitative estimate of drug-likeness (QED) is 0.425. The molecular formula is C22H25F2N3O4S2. The molecule has 7 nitrogen and oxygen atoms in total. The number of carbonyl (C=O) groups excluding carboxylic acids is 1. The van der Waals surface area contributed by atoms with Crippen molar-refractivity contribution in [2.24, 2.45) is 0 Å². The van der Waals surface area contributed by atoms with Crippen LogP contribution in [0.15, 0.2) is 41.3 Å². The van der Waals surface area contributed by atoms with Gasteiger partial charge in [0, 0.05) is 19.2 Å². The van der Waals surface area contributed by atoms with Gasteiger partial charge in [-0.05, 0) is 43.4 Å². The van der Waals surface area contributed by atoms with Gasteiger partial charge in [0.1, 0.15) is 22.8 Å². The number of hydrogen-bond acceptors (Lipinski definition) is 7. The Morgan fingerprint density at radius 3 is 2.36 bits per heavy atom. The number of ether oxygens (including phenoxy) is 1. The van der Waals surface area contributed by atoms with E-state index in [1.807, 2.05) is 13.8 Å². The summed E-state index contributed by atoms with van der Waals surface area (Å²) in [5.41, 5.74) is -0.0601. The molecule has 0 aliphatic rings. The van der Waals surface area contributed by atoms with E-state index in [-0.39, 0.29) is 26.8 Å². The molecule has 0 bridgehead atoms. The highest BCUT2D eigenvalue weighted by molar-refractivity contribution is 7.92. The summed E-state index contributed by atoms with van der Waals surface area (Å²) in [6.45, 7) is 6.04. The van der Waals surface area contributed by atoms with Crippen LogP contribution in [-0.2, 0) is 14.6 Å². The fourth-order valence-electron chi connectivity index (χ4n) is 3.28. The maximum atomic E-state index is 14.2. The molecule has 178 valence electrons. The molecule has 0 aliphatic carbocycles. The zero-order chi connectivity index (χ0) is 24.2. The van der Waals surface area contributed by atoms with Gasteiger partial charge in [0.2, 0.25) is 5.91 Å². The van der Waals surface area contributed by atoms with E-state index < -0.39 is 33.1 Å². The molecule has 0 radical (unpaired) electrons. The number of sulfone groups is 1. The van der Waals surface area contributed by atoms with Gasteiger partial charge >= 0.3 is 0 Å². The number of aromatic nitrogens is 1. The van der Waals surface area contributed by atoms with Gasteiger partial charge in [0.25, 0.3) is 0 Å². The third-order valence-corrected chi connectivity index (χ3v) is 7.84. The predicted molar refractivity (Wildman–Crippen MR) is 125 cm³/mol. The lowest BCUT2D eigenvalue weighted by molar-refractivity contribution is -0.116. The lowest BCUT2D eigenvalue weighted by Crippen LogP contribution is -2.41. The van der Waals surface area contributed by atoms with Crippen LogP contribution in [0.4, 0.5) is 13.9 Å². The average molecular weight is 498 g/mol.